The van der Waals surface area contributed by atoms with Gasteiger partial charge in [0, 0.05) is 6.42 Å². The topological polar surface area (TPSA) is 17.1 Å². The van der Waals surface area contributed by atoms with E-state index in [1.165, 1.54) is 0 Å². The molecule has 0 fully saturated rings. The zero-order chi connectivity index (χ0) is 20.7. The molecule has 0 aliphatic carbocycles. The summed E-state index contributed by atoms with van der Waals surface area (Å²) >= 11 is 0. The average molecular weight is 402 g/mol. The van der Waals surface area contributed by atoms with Gasteiger partial charge in [-0.2, -0.15) is 57.1 Å². The summed E-state index contributed by atoms with van der Waals surface area (Å²) < 4.78 is 165. The number of hydrogen-bond acceptors (Lipinski definition) is 1. The number of alkyl halides is 13. The van der Waals surface area contributed by atoms with E-state index in [0.29, 0.717) is 6.08 Å². The van der Waals surface area contributed by atoms with Gasteiger partial charge in [0.15, 0.2) is 0 Å². The third-order valence-corrected chi connectivity index (χ3v) is 2.86. The fourth-order valence-corrected chi connectivity index (χ4v) is 1.33. The van der Waals surface area contributed by atoms with Crippen molar-refractivity contribution in [2.75, 3.05) is 0 Å². The number of halogens is 13. The monoisotopic (exact) mass is 402 g/mol. The molecule has 1 nitrogen and oxygen atoms in total. The molecule has 0 amide bonds. The molecule has 148 valence electrons. The molecule has 0 aliphatic heterocycles. The van der Waals surface area contributed by atoms with Crippen molar-refractivity contribution in [2.45, 2.75) is 48.6 Å². The number of ketones is 1. The van der Waals surface area contributed by atoms with E-state index < -0.39 is 54.4 Å². The van der Waals surface area contributed by atoms with E-state index in [1.54, 1.807) is 0 Å². The van der Waals surface area contributed by atoms with E-state index in [1.807, 2.05) is 0 Å². The van der Waals surface area contributed by atoms with E-state index >= 15 is 0 Å². The van der Waals surface area contributed by atoms with Gasteiger partial charge in [0.05, 0.1) is 0 Å². The maximum Gasteiger partial charge on any atom is 0.460 e. The Morgan fingerprint density at radius 1 is 0.680 bits per heavy atom. The molecule has 0 spiro atoms. The van der Waals surface area contributed by atoms with Gasteiger partial charge in [-0.3, -0.25) is 4.79 Å². The van der Waals surface area contributed by atoms with E-state index in [2.05, 4.69) is 6.58 Å². The molecule has 14 heteroatoms. The van der Waals surface area contributed by atoms with E-state index in [4.69, 9.17) is 0 Å². The largest absolute Gasteiger partial charge is 0.460 e. The van der Waals surface area contributed by atoms with Gasteiger partial charge in [-0.25, -0.2) is 0 Å². The van der Waals surface area contributed by atoms with Crippen LogP contribution in [-0.2, 0) is 4.79 Å². The molecule has 0 heterocycles. The highest BCUT2D eigenvalue weighted by Crippen LogP contribution is 2.60. The number of carbonyl (C=O) groups is 1. The molecule has 0 aliphatic rings. The minimum absolute atomic E-state index is 0.663. The Labute approximate surface area is 130 Å². The molecule has 0 saturated heterocycles. The molecule has 25 heavy (non-hydrogen) atoms. The summed E-state index contributed by atoms with van der Waals surface area (Å²) in [5, 5.41) is 0. The van der Waals surface area contributed by atoms with Gasteiger partial charge >= 0.3 is 35.8 Å². The van der Waals surface area contributed by atoms with Crippen molar-refractivity contribution < 1.29 is 61.9 Å². The second-order valence-electron chi connectivity index (χ2n) is 4.62. The molecule has 0 bridgehead atoms. The number of carbonyl (C=O) groups excluding carboxylic acids is 1. The predicted octanol–water partition coefficient (Wildman–Crippen LogP) is 5.26. The van der Waals surface area contributed by atoms with Gasteiger partial charge in [0.25, 0.3) is 0 Å². The highest BCUT2D eigenvalue weighted by atomic mass is 19.4. The molecule has 0 saturated carbocycles. The van der Waals surface area contributed by atoms with Crippen molar-refractivity contribution in [3.05, 3.63) is 12.7 Å². The maximum atomic E-state index is 13.2. The zero-order valence-electron chi connectivity index (χ0n) is 11.5. The summed E-state index contributed by atoms with van der Waals surface area (Å²) in [7, 11) is 0. The quantitative estimate of drug-likeness (QED) is 0.400. The number of hydrogen-bond donors (Lipinski definition) is 0. The number of rotatable bonds is 8. The summed E-state index contributed by atoms with van der Waals surface area (Å²) in [6.45, 7) is 2.85. The lowest BCUT2D eigenvalue weighted by atomic mass is 9.91. The molecular formula is C11H7F13O. The second-order valence-corrected chi connectivity index (χ2v) is 4.62. The van der Waals surface area contributed by atoms with Gasteiger partial charge in [-0.05, 0) is 6.42 Å². The molecule has 0 radical (unpaired) electrons. The van der Waals surface area contributed by atoms with E-state index in [0.717, 1.165) is 0 Å². The Kier molecular flexibility index (Phi) is 5.96. The van der Waals surface area contributed by atoms with Crippen LogP contribution in [0.2, 0.25) is 0 Å². The first-order chi connectivity index (χ1) is 10.7. The SMILES string of the molecule is C=CCCC(=O)C(F)(F)C(F)(F)C(F)(F)C(F)(F)C(F)(F)C(F)(F)F. The lowest BCUT2D eigenvalue weighted by Crippen LogP contribution is -2.71. The minimum Gasteiger partial charge on any atom is -0.293 e. The van der Waals surface area contributed by atoms with Crippen LogP contribution in [0, 0.1) is 0 Å². The maximum absolute atomic E-state index is 13.2. The molecular weight excluding hydrogens is 395 g/mol. The average Bonchev–Trinajstić information content (AvgIpc) is 2.42. The van der Waals surface area contributed by atoms with Crippen molar-refractivity contribution >= 4 is 5.78 Å². The van der Waals surface area contributed by atoms with Gasteiger partial charge in [0.2, 0.25) is 5.78 Å². The fraction of sp³-hybridized carbons (Fsp3) is 0.727. The van der Waals surface area contributed by atoms with Crippen molar-refractivity contribution in [2.24, 2.45) is 0 Å². The molecule has 0 aromatic carbocycles. The predicted molar refractivity (Wildman–Crippen MR) is 55.2 cm³/mol. The Hall–Kier alpha value is -1.50. The molecule has 0 rings (SSSR count). The van der Waals surface area contributed by atoms with Crippen LogP contribution in [0.1, 0.15) is 12.8 Å². The Morgan fingerprint density at radius 3 is 1.36 bits per heavy atom. The summed E-state index contributed by atoms with van der Waals surface area (Å²) in [5.74, 6) is -41.0. The smallest absolute Gasteiger partial charge is 0.293 e. The molecule has 0 aromatic rings. The summed E-state index contributed by atoms with van der Waals surface area (Å²) in [4.78, 5) is 10.8. The number of allylic oxidation sites excluding steroid dienone is 1. The highest BCUT2D eigenvalue weighted by Gasteiger charge is 2.91. The second kappa shape index (κ2) is 6.34. The standard InChI is InChI=1S/C11H7F13O/c1-2-3-4-5(25)6(12,13)7(14,15)8(16,17)9(18,19)10(20,21)11(22,23)24/h2H,1,3-4H2. The normalized spacial score (nSPS) is 15.2. The minimum atomic E-state index is -8.00. The van der Waals surface area contributed by atoms with Crippen LogP contribution in [0.4, 0.5) is 57.1 Å². The van der Waals surface area contributed by atoms with E-state index in [-0.39, 0.29) is 0 Å². The molecule has 0 atom stereocenters. The van der Waals surface area contributed by atoms with Crippen LogP contribution in [0.15, 0.2) is 12.7 Å². The molecule has 0 aromatic heterocycles. The summed E-state index contributed by atoms with van der Waals surface area (Å²) in [5.41, 5.74) is 0. The Balaban J connectivity index is 6.20. The zero-order valence-corrected chi connectivity index (χ0v) is 11.5. The lowest BCUT2D eigenvalue weighted by Gasteiger charge is -2.39. The Bertz CT molecular complexity index is 517. The molecule has 0 unspecified atom stereocenters. The summed E-state index contributed by atoms with van der Waals surface area (Å²) in [6.07, 6.45) is -9.26. The van der Waals surface area contributed by atoms with Crippen LogP contribution in [0.25, 0.3) is 0 Å². The van der Waals surface area contributed by atoms with Crippen LogP contribution < -0.4 is 0 Å². The van der Waals surface area contributed by atoms with Gasteiger partial charge < -0.3 is 0 Å². The third-order valence-electron chi connectivity index (χ3n) is 2.86. The van der Waals surface area contributed by atoms with Crippen LogP contribution >= 0.6 is 0 Å². The van der Waals surface area contributed by atoms with Gasteiger partial charge in [0.1, 0.15) is 0 Å². The third kappa shape index (κ3) is 3.30. The number of Topliss-reactive ketones (excluding diaryl/α,β-unsaturated/α-hetero) is 1. The summed E-state index contributed by atoms with van der Waals surface area (Å²) in [6, 6.07) is 0. The first-order valence-electron chi connectivity index (χ1n) is 5.83. The van der Waals surface area contributed by atoms with Crippen LogP contribution in [0.3, 0.4) is 0 Å². The van der Waals surface area contributed by atoms with Crippen molar-refractivity contribution in [1.82, 2.24) is 0 Å². The van der Waals surface area contributed by atoms with Gasteiger partial charge in [-0.15, -0.1) is 6.58 Å². The first-order valence-corrected chi connectivity index (χ1v) is 5.83. The van der Waals surface area contributed by atoms with Crippen molar-refractivity contribution in [1.29, 1.82) is 0 Å². The lowest BCUT2D eigenvalue weighted by molar-refractivity contribution is -0.436. The van der Waals surface area contributed by atoms with Crippen LogP contribution in [0.5, 0.6) is 0 Å². The van der Waals surface area contributed by atoms with E-state index in [9.17, 15) is 61.9 Å². The van der Waals surface area contributed by atoms with Gasteiger partial charge in [-0.1, -0.05) is 6.08 Å². The fourth-order valence-electron chi connectivity index (χ4n) is 1.33. The van der Waals surface area contributed by atoms with Crippen LogP contribution in [-0.4, -0.2) is 41.6 Å². The first kappa shape index (κ1) is 23.5. The van der Waals surface area contributed by atoms with Crippen molar-refractivity contribution in [3.63, 3.8) is 0 Å². The Morgan fingerprint density at radius 2 is 1.04 bits per heavy atom. The highest BCUT2D eigenvalue weighted by molar-refractivity contribution is 5.87. The molecule has 0 N–H and O–H groups in total. The van der Waals surface area contributed by atoms with Crippen molar-refractivity contribution in [3.8, 4) is 0 Å².